The molecule has 1 N–H and O–H groups in total. The van der Waals surface area contributed by atoms with E-state index in [1.165, 1.54) is 19.3 Å². The number of piperidine rings is 1. The maximum Gasteiger partial charge on any atom is 0.224 e. The first-order valence-electron chi connectivity index (χ1n) is 4.14. The van der Waals surface area contributed by atoms with Crippen LogP contribution in [0.15, 0.2) is 0 Å². The summed E-state index contributed by atoms with van der Waals surface area (Å²) in [6.07, 6.45) is 4.75. The van der Waals surface area contributed by atoms with Crippen molar-refractivity contribution in [1.82, 2.24) is 5.32 Å². The van der Waals surface area contributed by atoms with E-state index in [4.69, 9.17) is 0 Å². The lowest BCUT2D eigenvalue weighted by atomic mass is 9.94. The second kappa shape index (κ2) is 2.61. The highest BCUT2D eigenvalue weighted by atomic mass is 127. The van der Waals surface area contributed by atoms with Crippen molar-refractivity contribution in [2.24, 2.45) is 5.92 Å². The molecule has 0 unspecified atom stereocenters. The largest absolute Gasteiger partial charge is 0.350 e. The summed E-state index contributed by atoms with van der Waals surface area (Å²) in [5, 5.41) is 3.12. The van der Waals surface area contributed by atoms with Crippen molar-refractivity contribution in [3.63, 3.8) is 0 Å². The van der Waals surface area contributed by atoms with E-state index in [0.29, 0.717) is 11.8 Å². The number of carbonyl (C=O) groups is 1. The summed E-state index contributed by atoms with van der Waals surface area (Å²) in [4.78, 5) is 11.4. The van der Waals surface area contributed by atoms with Gasteiger partial charge in [0.1, 0.15) is 0 Å². The van der Waals surface area contributed by atoms with Crippen molar-refractivity contribution < 1.29 is 4.79 Å². The topological polar surface area (TPSA) is 29.1 Å². The third-order valence-electron chi connectivity index (χ3n) is 2.77. The minimum absolute atomic E-state index is 0.277. The Hall–Kier alpha value is 0.200. The number of carbonyl (C=O) groups excluding carboxylic acids is 1. The van der Waals surface area contributed by atoms with Crippen LogP contribution in [0, 0.1) is 5.92 Å². The molecule has 1 spiro atoms. The van der Waals surface area contributed by atoms with Crippen molar-refractivity contribution in [2.45, 2.75) is 31.2 Å². The summed E-state index contributed by atoms with van der Waals surface area (Å²) in [5.41, 5.74) is 0.277. The fourth-order valence-electron chi connectivity index (χ4n) is 1.68. The van der Waals surface area contributed by atoms with Crippen LogP contribution < -0.4 is 5.32 Å². The lowest BCUT2D eigenvalue weighted by Gasteiger charge is -2.27. The third-order valence-corrected chi connectivity index (χ3v) is 3.83. The van der Waals surface area contributed by atoms with E-state index in [9.17, 15) is 4.79 Å². The van der Waals surface area contributed by atoms with E-state index in [1.54, 1.807) is 0 Å². The standard InChI is InChI=1S/C8H12INO/c9-5-6-1-2-8(3-4-8)10-7(6)11/h6H,1-5H2,(H,10,11)/t6-/m0/s1. The molecule has 62 valence electrons. The molecule has 2 rings (SSSR count). The highest BCUT2D eigenvalue weighted by Gasteiger charge is 2.47. The second-order valence-corrected chi connectivity index (χ2v) is 4.54. The van der Waals surface area contributed by atoms with Gasteiger partial charge in [-0.2, -0.15) is 0 Å². The van der Waals surface area contributed by atoms with Crippen LogP contribution in [0.25, 0.3) is 0 Å². The average molecular weight is 265 g/mol. The Kier molecular flexibility index (Phi) is 1.85. The van der Waals surface area contributed by atoms with Gasteiger partial charge in [-0.15, -0.1) is 0 Å². The minimum Gasteiger partial charge on any atom is -0.350 e. The summed E-state index contributed by atoms with van der Waals surface area (Å²) >= 11 is 2.29. The number of alkyl halides is 1. The van der Waals surface area contributed by atoms with Crippen LogP contribution in [-0.2, 0) is 4.79 Å². The van der Waals surface area contributed by atoms with Gasteiger partial charge in [-0.05, 0) is 25.7 Å². The summed E-state index contributed by atoms with van der Waals surface area (Å²) in [6, 6.07) is 0. The molecule has 1 atom stereocenters. The van der Waals surface area contributed by atoms with Gasteiger partial charge in [-0.3, -0.25) is 4.79 Å². The molecule has 1 aliphatic heterocycles. The summed E-state index contributed by atoms with van der Waals surface area (Å²) < 4.78 is 0.972. The van der Waals surface area contributed by atoms with Crippen molar-refractivity contribution >= 4 is 28.5 Å². The lowest BCUT2D eigenvalue weighted by Crippen LogP contribution is -2.46. The average Bonchev–Trinajstić information content (AvgIpc) is 2.70. The lowest BCUT2D eigenvalue weighted by molar-refractivity contribution is -0.127. The monoisotopic (exact) mass is 265 g/mol. The number of amides is 1. The normalized spacial score (nSPS) is 33.5. The van der Waals surface area contributed by atoms with Gasteiger partial charge >= 0.3 is 0 Å². The Morgan fingerprint density at radius 2 is 2.27 bits per heavy atom. The molecule has 0 aromatic heterocycles. The molecule has 2 nitrogen and oxygen atoms in total. The molecule has 1 aliphatic carbocycles. The first-order valence-corrected chi connectivity index (χ1v) is 5.66. The van der Waals surface area contributed by atoms with Gasteiger partial charge < -0.3 is 5.32 Å². The van der Waals surface area contributed by atoms with Crippen molar-refractivity contribution in [3.05, 3.63) is 0 Å². The maximum absolute atomic E-state index is 11.4. The number of halogens is 1. The van der Waals surface area contributed by atoms with Crippen LogP contribution in [0.4, 0.5) is 0 Å². The summed E-state index contributed by atoms with van der Waals surface area (Å²) in [6.45, 7) is 0. The highest BCUT2D eigenvalue weighted by Crippen LogP contribution is 2.43. The van der Waals surface area contributed by atoms with Crippen LogP contribution in [0.3, 0.4) is 0 Å². The molecule has 1 saturated carbocycles. The molecule has 0 radical (unpaired) electrons. The van der Waals surface area contributed by atoms with Gasteiger partial charge in [-0.1, -0.05) is 22.6 Å². The molecule has 2 fully saturated rings. The summed E-state index contributed by atoms with van der Waals surface area (Å²) in [5.74, 6) is 0.588. The molecule has 1 heterocycles. The van der Waals surface area contributed by atoms with E-state index in [1.807, 2.05) is 0 Å². The Balaban J connectivity index is 1.99. The molecule has 11 heavy (non-hydrogen) atoms. The Morgan fingerprint density at radius 1 is 1.55 bits per heavy atom. The van der Waals surface area contributed by atoms with Crippen molar-refractivity contribution in [1.29, 1.82) is 0 Å². The molecular formula is C8H12INO. The number of hydrogen-bond acceptors (Lipinski definition) is 1. The SMILES string of the molecule is O=C1NC2(CC[C@H]1CI)CC2. The number of nitrogens with one attached hydrogen (secondary N) is 1. The van der Waals surface area contributed by atoms with Crippen LogP contribution in [0.1, 0.15) is 25.7 Å². The fraction of sp³-hybridized carbons (Fsp3) is 0.875. The van der Waals surface area contributed by atoms with Crippen molar-refractivity contribution in [3.8, 4) is 0 Å². The van der Waals surface area contributed by atoms with Crippen LogP contribution in [-0.4, -0.2) is 15.9 Å². The van der Waals surface area contributed by atoms with Gasteiger partial charge in [0.15, 0.2) is 0 Å². The van der Waals surface area contributed by atoms with Crippen LogP contribution in [0.5, 0.6) is 0 Å². The third kappa shape index (κ3) is 1.39. The molecule has 1 amide bonds. The highest BCUT2D eigenvalue weighted by molar-refractivity contribution is 14.1. The Labute approximate surface area is 80.3 Å². The predicted octanol–water partition coefficient (Wildman–Crippen LogP) is 1.48. The van der Waals surface area contributed by atoms with Gasteiger partial charge in [0, 0.05) is 15.9 Å². The first kappa shape index (κ1) is 7.83. The second-order valence-electron chi connectivity index (χ2n) is 3.66. The van der Waals surface area contributed by atoms with E-state index < -0.39 is 0 Å². The molecule has 0 aromatic rings. The number of hydrogen-bond donors (Lipinski definition) is 1. The predicted molar refractivity (Wildman–Crippen MR) is 51.7 cm³/mol. The Bertz CT molecular complexity index is 189. The maximum atomic E-state index is 11.4. The molecule has 0 bridgehead atoms. The zero-order chi connectivity index (χ0) is 7.90. The minimum atomic E-state index is 0.277. The zero-order valence-corrected chi connectivity index (χ0v) is 8.56. The van der Waals surface area contributed by atoms with E-state index >= 15 is 0 Å². The van der Waals surface area contributed by atoms with Gasteiger partial charge in [0.2, 0.25) is 5.91 Å². The van der Waals surface area contributed by atoms with E-state index in [-0.39, 0.29) is 5.54 Å². The van der Waals surface area contributed by atoms with Gasteiger partial charge in [0.25, 0.3) is 0 Å². The van der Waals surface area contributed by atoms with Crippen molar-refractivity contribution in [2.75, 3.05) is 4.43 Å². The zero-order valence-electron chi connectivity index (χ0n) is 6.40. The van der Waals surface area contributed by atoms with Crippen LogP contribution in [0.2, 0.25) is 0 Å². The molecule has 0 aromatic carbocycles. The van der Waals surface area contributed by atoms with Gasteiger partial charge in [-0.25, -0.2) is 0 Å². The molecular weight excluding hydrogens is 253 g/mol. The quantitative estimate of drug-likeness (QED) is 0.564. The summed E-state index contributed by atoms with van der Waals surface area (Å²) in [7, 11) is 0. The molecule has 1 saturated heterocycles. The van der Waals surface area contributed by atoms with Gasteiger partial charge in [0.05, 0.1) is 0 Å². The molecule has 2 aliphatic rings. The van der Waals surface area contributed by atoms with Crippen LogP contribution >= 0.6 is 22.6 Å². The fourth-order valence-corrected chi connectivity index (χ4v) is 2.52. The van der Waals surface area contributed by atoms with E-state index in [0.717, 1.165) is 10.8 Å². The number of rotatable bonds is 1. The first-order chi connectivity index (χ1) is 5.26. The van der Waals surface area contributed by atoms with E-state index in [2.05, 4.69) is 27.9 Å². The Morgan fingerprint density at radius 3 is 2.73 bits per heavy atom. The smallest absolute Gasteiger partial charge is 0.224 e. The molecule has 3 heteroatoms.